The summed E-state index contributed by atoms with van der Waals surface area (Å²) in [6.07, 6.45) is 9.72. The maximum Gasteiger partial charge on any atom is 0.317 e. The van der Waals surface area contributed by atoms with Crippen LogP contribution in [0, 0.1) is 23.7 Å². The predicted molar refractivity (Wildman–Crippen MR) is 134 cm³/mol. The van der Waals surface area contributed by atoms with Crippen LogP contribution in [0.2, 0.25) is 0 Å². The zero-order valence-corrected chi connectivity index (χ0v) is 21.9. The number of aliphatic hydroxyl groups is 1. The Morgan fingerprint density at radius 2 is 1.94 bits per heavy atom. The van der Waals surface area contributed by atoms with Crippen LogP contribution in [-0.4, -0.2) is 69.6 Å². The summed E-state index contributed by atoms with van der Waals surface area (Å²) in [5, 5.41) is 21.5. The average molecular weight is 488 g/mol. The molecule has 194 valence electrons. The van der Waals surface area contributed by atoms with Gasteiger partial charge >= 0.3 is 6.03 Å². The first-order valence-electron chi connectivity index (χ1n) is 12.8. The van der Waals surface area contributed by atoms with Crippen molar-refractivity contribution in [2.45, 2.75) is 77.0 Å². The van der Waals surface area contributed by atoms with E-state index in [0.29, 0.717) is 35.8 Å². The monoisotopic (exact) mass is 487 g/mol. The quantitative estimate of drug-likeness (QED) is 0.522. The average Bonchev–Trinajstić information content (AvgIpc) is 3.14. The number of amides is 3. The molecule has 4 aliphatic rings. The molecule has 0 aliphatic heterocycles. The molecule has 1 heterocycles. The van der Waals surface area contributed by atoms with Crippen LogP contribution in [0.5, 0.6) is 5.88 Å². The van der Waals surface area contributed by atoms with Crippen molar-refractivity contribution in [3.8, 4) is 5.88 Å². The van der Waals surface area contributed by atoms with Gasteiger partial charge in [0, 0.05) is 26.3 Å². The highest BCUT2D eigenvalue weighted by molar-refractivity contribution is 5.96. The first-order valence-corrected chi connectivity index (χ1v) is 12.8. The van der Waals surface area contributed by atoms with Crippen LogP contribution in [0.4, 0.5) is 4.79 Å². The number of ether oxygens (including phenoxy) is 1. The second-order valence-corrected chi connectivity index (χ2v) is 12.1. The molecule has 2 unspecified atom stereocenters. The highest BCUT2D eigenvalue weighted by Gasteiger charge is 2.55. The molecule has 0 saturated heterocycles. The number of hydrogen-bond donors (Lipinski definition) is 3. The van der Waals surface area contributed by atoms with Crippen LogP contribution in [0.3, 0.4) is 0 Å². The van der Waals surface area contributed by atoms with Crippen LogP contribution in [0.25, 0.3) is 6.20 Å². The molecule has 5 rings (SSSR count). The minimum atomic E-state index is -0.633. The third-order valence-corrected chi connectivity index (χ3v) is 7.55. The first-order chi connectivity index (χ1) is 16.4. The number of urea groups is 1. The topological polar surface area (TPSA) is 109 Å². The van der Waals surface area contributed by atoms with Crippen molar-refractivity contribution >= 4 is 18.1 Å². The Kier molecular flexibility index (Phi) is 6.92. The molecule has 4 fully saturated rings. The van der Waals surface area contributed by atoms with Gasteiger partial charge in [-0.25, -0.2) is 9.48 Å². The van der Waals surface area contributed by atoms with Gasteiger partial charge in [0.25, 0.3) is 5.91 Å². The van der Waals surface area contributed by atoms with Gasteiger partial charge in [0.15, 0.2) is 0 Å². The van der Waals surface area contributed by atoms with Crippen molar-refractivity contribution in [2.75, 3.05) is 20.7 Å². The Morgan fingerprint density at radius 1 is 1.29 bits per heavy atom. The Bertz CT molecular complexity index is 966. The lowest BCUT2D eigenvalue weighted by molar-refractivity contribution is -0.136. The van der Waals surface area contributed by atoms with Gasteiger partial charge in [0.1, 0.15) is 5.56 Å². The molecule has 4 bridgehead atoms. The van der Waals surface area contributed by atoms with Gasteiger partial charge in [0.05, 0.1) is 23.9 Å². The lowest BCUT2D eigenvalue weighted by Gasteiger charge is -2.58. The molecule has 9 heteroatoms. The number of carbonyl (C=O) groups excluding carboxylic acids is 2. The highest BCUT2D eigenvalue weighted by Crippen LogP contribution is 2.55. The molecule has 2 atom stereocenters. The van der Waals surface area contributed by atoms with Crippen molar-refractivity contribution in [3.63, 3.8) is 0 Å². The lowest BCUT2D eigenvalue weighted by atomic mass is 9.52. The van der Waals surface area contributed by atoms with Crippen molar-refractivity contribution in [1.29, 1.82) is 0 Å². The van der Waals surface area contributed by atoms with Crippen LogP contribution >= 0.6 is 0 Å². The van der Waals surface area contributed by atoms with Crippen molar-refractivity contribution in [2.24, 2.45) is 23.7 Å². The van der Waals surface area contributed by atoms with Gasteiger partial charge in [-0.2, -0.15) is 5.10 Å². The number of carbonyl (C=O) groups is 2. The van der Waals surface area contributed by atoms with Crippen LogP contribution in [0.1, 0.15) is 70.2 Å². The van der Waals surface area contributed by atoms with Gasteiger partial charge in [-0.05, 0) is 75.7 Å². The van der Waals surface area contributed by atoms with Gasteiger partial charge in [0.2, 0.25) is 5.88 Å². The summed E-state index contributed by atoms with van der Waals surface area (Å²) >= 11 is 0. The summed E-state index contributed by atoms with van der Waals surface area (Å²) in [6.45, 7) is 8.32. The molecule has 0 spiro atoms. The summed E-state index contributed by atoms with van der Waals surface area (Å²) in [5.74, 6) is 1.72. The maximum absolute atomic E-state index is 13.4. The third-order valence-electron chi connectivity index (χ3n) is 7.55. The normalized spacial score (nSPS) is 29.6. The summed E-state index contributed by atoms with van der Waals surface area (Å²) in [6, 6.07) is -0.117. The molecule has 4 saturated carbocycles. The predicted octanol–water partition coefficient (Wildman–Crippen LogP) is 3.11. The van der Waals surface area contributed by atoms with Gasteiger partial charge < -0.3 is 25.4 Å². The molecule has 0 aromatic carbocycles. The molecule has 0 radical (unpaired) electrons. The largest absolute Gasteiger partial charge is 0.477 e. The van der Waals surface area contributed by atoms with Crippen molar-refractivity contribution in [3.05, 3.63) is 17.8 Å². The number of aromatic nitrogens is 2. The van der Waals surface area contributed by atoms with Crippen LogP contribution < -0.4 is 15.4 Å². The number of nitrogens with one attached hydrogen (secondary N) is 2. The maximum atomic E-state index is 13.4. The van der Waals surface area contributed by atoms with E-state index in [9.17, 15) is 14.7 Å². The SMILES string of the molecule is CC(C)COc1c(C(=O)N[C@H]2C3CC4CC2C[C@](O)(C4)C3)cnn1/C=C/C(C)(C)NC(=O)N(C)C. The molecule has 3 amide bonds. The number of hydrogen-bond acceptors (Lipinski definition) is 5. The first kappa shape index (κ1) is 25.5. The standard InChI is InChI=1S/C26H41N5O4/c1-16(2)15-35-23-20(14-27-31(23)8-7-25(3,4)29-24(33)30(5)6)22(32)28-21-18-9-17-10-19(21)13-26(34,11-17)12-18/h7-8,14,16-19,21,34H,9-13,15H2,1-6H3,(H,28,32)(H,29,33)/b8-7+/t17?,18?,19?,21-,26-. The zero-order valence-electron chi connectivity index (χ0n) is 21.9. The lowest BCUT2D eigenvalue weighted by Crippen LogP contribution is -2.61. The summed E-state index contributed by atoms with van der Waals surface area (Å²) in [7, 11) is 3.38. The second kappa shape index (κ2) is 9.48. The van der Waals surface area contributed by atoms with E-state index >= 15 is 0 Å². The van der Waals surface area contributed by atoms with Crippen molar-refractivity contribution in [1.82, 2.24) is 25.3 Å². The molecule has 9 nitrogen and oxygen atoms in total. The summed E-state index contributed by atoms with van der Waals surface area (Å²) < 4.78 is 7.61. The van der Waals surface area contributed by atoms with E-state index in [1.54, 1.807) is 31.2 Å². The van der Waals surface area contributed by atoms with E-state index in [4.69, 9.17) is 4.74 Å². The number of nitrogens with zero attached hydrogens (tertiary/aromatic N) is 3. The minimum Gasteiger partial charge on any atom is -0.477 e. The molecule has 3 N–H and O–H groups in total. The molecular weight excluding hydrogens is 446 g/mol. The number of rotatable bonds is 8. The molecule has 4 aliphatic carbocycles. The van der Waals surface area contributed by atoms with Gasteiger partial charge in [-0.3, -0.25) is 4.79 Å². The van der Waals surface area contributed by atoms with E-state index in [0.717, 1.165) is 32.1 Å². The van der Waals surface area contributed by atoms with Crippen LogP contribution in [-0.2, 0) is 0 Å². The van der Waals surface area contributed by atoms with E-state index in [1.165, 1.54) is 4.90 Å². The summed E-state index contributed by atoms with van der Waals surface area (Å²) in [4.78, 5) is 27.0. The van der Waals surface area contributed by atoms with Crippen molar-refractivity contribution < 1.29 is 19.4 Å². The molecule has 1 aromatic rings. The molecular formula is C26H41N5O4. The highest BCUT2D eigenvalue weighted by atomic mass is 16.5. The van der Waals surface area contributed by atoms with Crippen LogP contribution in [0.15, 0.2) is 12.3 Å². The fraction of sp³-hybridized carbons (Fsp3) is 0.731. The van der Waals surface area contributed by atoms with E-state index < -0.39 is 11.1 Å². The fourth-order valence-corrected chi connectivity index (χ4v) is 6.13. The van der Waals surface area contributed by atoms with Gasteiger partial charge in [-0.15, -0.1) is 0 Å². The smallest absolute Gasteiger partial charge is 0.317 e. The minimum absolute atomic E-state index is 0.0799. The fourth-order valence-electron chi connectivity index (χ4n) is 6.13. The zero-order chi connectivity index (χ0) is 25.5. The Labute approximate surface area is 208 Å². The summed E-state index contributed by atoms with van der Waals surface area (Å²) in [5.41, 5.74) is -0.766. The van der Waals surface area contributed by atoms with E-state index in [1.807, 2.05) is 19.9 Å². The van der Waals surface area contributed by atoms with E-state index in [2.05, 4.69) is 29.6 Å². The Hall–Kier alpha value is -2.55. The Balaban J connectivity index is 1.51. The van der Waals surface area contributed by atoms with Gasteiger partial charge in [-0.1, -0.05) is 13.8 Å². The molecule has 35 heavy (non-hydrogen) atoms. The third kappa shape index (κ3) is 5.66. The molecule has 1 aromatic heterocycles. The van der Waals surface area contributed by atoms with E-state index in [-0.39, 0.29) is 23.9 Å². The Morgan fingerprint density at radius 3 is 2.51 bits per heavy atom. The second-order valence-electron chi connectivity index (χ2n) is 12.1.